The number of likely N-dealkylation sites (tertiary alicyclic amines) is 1. The van der Waals surface area contributed by atoms with E-state index in [1.165, 1.54) is 6.42 Å². The molecule has 4 aliphatic heterocycles. The number of piperidine rings is 1. The Hall–Kier alpha value is -1.48. The standard InChI is InChI=1S/C21H35N5O3S/c27-18(7-3-2-6-17-20-16(15-30-17)22-21(29)23-20)26-12-10-24(11-13-26)14-19(28)25-8-4-1-5-9-25/h16-17,20H,1-15H2,(H2,22,23,29)/t16-,17+,20-/m1/s1. The predicted octanol–water partition coefficient (Wildman–Crippen LogP) is 0.869. The number of thioether (sulfide) groups is 1. The Morgan fingerprint density at radius 2 is 1.63 bits per heavy atom. The highest BCUT2D eigenvalue weighted by molar-refractivity contribution is 8.00. The maximum Gasteiger partial charge on any atom is 0.315 e. The summed E-state index contributed by atoms with van der Waals surface area (Å²) in [5.74, 6) is 1.47. The number of fused-ring (bicyclic) bond motifs is 1. The van der Waals surface area contributed by atoms with E-state index in [4.69, 9.17) is 0 Å². The Morgan fingerprint density at radius 3 is 2.40 bits per heavy atom. The first-order valence-corrected chi connectivity index (χ1v) is 12.6. The van der Waals surface area contributed by atoms with Crippen LogP contribution in [0.25, 0.3) is 0 Å². The number of nitrogens with one attached hydrogen (secondary N) is 2. The van der Waals surface area contributed by atoms with Gasteiger partial charge in [-0.1, -0.05) is 6.42 Å². The van der Waals surface area contributed by atoms with Crippen molar-refractivity contribution in [1.82, 2.24) is 25.3 Å². The van der Waals surface area contributed by atoms with Crippen LogP contribution in [0.5, 0.6) is 0 Å². The largest absolute Gasteiger partial charge is 0.342 e. The predicted molar refractivity (Wildman–Crippen MR) is 117 cm³/mol. The topological polar surface area (TPSA) is 85.0 Å². The molecule has 9 heteroatoms. The van der Waals surface area contributed by atoms with E-state index in [9.17, 15) is 14.4 Å². The number of rotatable bonds is 7. The van der Waals surface area contributed by atoms with Crippen LogP contribution in [0.4, 0.5) is 4.79 Å². The SMILES string of the molecule is O=C1N[C@H]2[C@H](CCCCC(=O)N3CCN(CC(=O)N4CCCCC4)CC3)SC[C@H]2N1. The molecule has 0 aliphatic carbocycles. The molecule has 2 N–H and O–H groups in total. The summed E-state index contributed by atoms with van der Waals surface area (Å²) in [7, 11) is 0. The molecule has 4 rings (SSSR count). The van der Waals surface area contributed by atoms with Crippen molar-refractivity contribution in [2.75, 3.05) is 51.6 Å². The molecule has 4 amide bonds. The molecule has 30 heavy (non-hydrogen) atoms. The van der Waals surface area contributed by atoms with Gasteiger partial charge in [-0.05, 0) is 32.1 Å². The first-order valence-electron chi connectivity index (χ1n) is 11.6. The number of carbonyl (C=O) groups is 3. The van der Waals surface area contributed by atoms with Crippen molar-refractivity contribution in [3.8, 4) is 0 Å². The summed E-state index contributed by atoms with van der Waals surface area (Å²) in [4.78, 5) is 42.6. The Labute approximate surface area is 183 Å². The summed E-state index contributed by atoms with van der Waals surface area (Å²) in [6, 6.07) is 0.480. The van der Waals surface area contributed by atoms with Crippen LogP contribution in [0.15, 0.2) is 0 Å². The Kier molecular flexibility index (Phi) is 7.41. The van der Waals surface area contributed by atoms with Crippen molar-refractivity contribution in [3.63, 3.8) is 0 Å². The highest BCUT2D eigenvalue weighted by Crippen LogP contribution is 2.33. The van der Waals surface area contributed by atoms with E-state index < -0.39 is 0 Å². The van der Waals surface area contributed by atoms with Crippen molar-refractivity contribution in [1.29, 1.82) is 0 Å². The van der Waals surface area contributed by atoms with Crippen LogP contribution >= 0.6 is 11.8 Å². The van der Waals surface area contributed by atoms with Crippen LogP contribution in [0, 0.1) is 0 Å². The van der Waals surface area contributed by atoms with E-state index in [1.807, 2.05) is 21.6 Å². The van der Waals surface area contributed by atoms with Crippen LogP contribution in [-0.2, 0) is 9.59 Å². The molecule has 0 aromatic carbocycles. The Morgan fingerprint density at radius 1 is 0.900 bits per heavy atom. The molecule has 0 aromatic heterocycles. The quantitative estimate of drug-likeness (QED) is 0.456. The summed E-state index contributed by atoms with van der Waals surface area (Å²) in [5, 5.41) is 6.46. The van der Waals surface area contributed by atoms with E-state index in [-0.39, 0.29) is 29.9 Å². The second kappa shape index (κ2) is 10.2. The summed E-state index contributed by atoms with van der Waals surface area (Å²) < 4.78 is 0. The highest BCUT2D eigenvalue weighted by Gasteiger charge is 2.42. The van der Waals surface area contributed by atoms with Gasteiger partial charge in [0.25, 0.3) is 0 Å². The fourth-order valence-electron chi connectivity index (χ4n) is 5.01. The maximum atomic E-state index is 12.6. The van der Waals surface area contributed by atoms with Crippen LogP contribution in [0.2, 0.25) is 0 Å². The number of urea groups is 1. The molecule has 168 valence electrons. The molecule has 8 nitrogen and oxygen atoms in total. The lowest BCUT2D eigenvalue weighted by Gasteiger charge is -2.36. The maximum absolute atomic E-state index is 12.6. The minimum atomic E-state index is -0.0396. The van der Waals surface area contributed by atoms with Gasteiger partial charge in [-0.2, -0.15) is 11.8 Å². The highest BCUT2D eigenvalue weighted by atomic mass is 32.2. The van der Waals surface area contributed by atoms with Gasteiger partial charge < -0.3 is 20.4 Å². The van der Waals surface area contributed by atoms with E-state index >= 15 is 0 Å². The molecule has 0 bridgehead atoms. The smallest absolute Gasteiger partial charge is 0.315 e. The summed E-state index contributed by atoms with van der Waals surface area (Å²) in [5.41, 5.74) is 0. The second-order valence-corrected chi connectivity index (χ2v) is 10.2. The molecule has 0 radical (unpaired) electrons. The zero-order valence-corrected chi connectivity index (χ0v) is 18.6. The first-order chi connectivity index (χ1) is 14.6. The molecular formula is C21H35N5O3S. The number of hydrogen-bond donors (Lipinski definition) is 2. The Bertz CT molecular complexity index is 634. The van der Waals surface area contributed by atoms with Crippen LogP contribution in [-0.4, -0.2) is 101 Å². The van der Waals surface area contributed by atoms with Crippen LogP contribution in [0.3, 0.4) is 0 Å². The van der Waals surface area contributed by atoms with Gasteiger partial charge in [-0.25, -0.2) is 4.79 Å². The molecule has 0 aromatic rings. The van der Waals surface area contributed by atoms with Gasteiger partial charge in [0.15, 0.2) is 0 Å². The van der Waals surface area contributed by atoms with Crippen molar-refractivity contribution < 1.29 is 14.4 Å². The lowest BCUT2D eigenvalue weighted by molar-refractivity contribution is -0.135. The molecule has 0 unspecified atom stereocenters. The first kappa shape index (κ1) is 21.7. The zero-order chi connectivity index (χ0) is 20.9. The second-order valence-electron chi connectivity index (χ2n) is 8.97. The van der Waals surface area contributed by atoms with Crippen molar-refractivity contribution in [3.05, 3.63) is 0 Å². The number of carbonyl (C=O) groups excluding carboxylic acids is 3. The lowest BCUT2D eigenvalue weighted by Crippen LogP contribution is -2.52. The normalized spacial score (nSPS) is 29.5. The summed E-state index contributed by atoms with van der Waals surface area (Å²) >= 11 is 1.93. The monoisotopic (exact) mass is 437 g/mol. The van der Waals surface area contributed by atoms with E-state index in [2.05, 4.69) is 15.5 Å². The average Bonchev–Trinajstić information content (AvgIpc) is 3.31. The van der Waals surface area contributed by atoms with Gasteiger partial charge in [0.2, 0.25) is 11.8 Å². The molecular weight excluding hydrogens is 402 g/mol. The summed E-state index contributed by atoms with van der Waals surface area (Å²) in [6.07, 6.45) is 7.06. The number of unbranched alkanes of at least 4 members (excludes halogenated alkanes) is 1. The molecule has 0 spiro atoms. The minimum Gasteiger partial charge on any atom is -0.342 e. The number of piperazine rings is 1. The molecule has 4 heterocycles. The molecule has 4 fully saturated rings. The summed E-state index contributed by atoms with van der Waals surface area (Å²) in [6.45, 7) is 5.34. The Balaban J connectivity index is 1.09. The van der Waals surface area contributed by atoms with E-state index in [0.717, 1.165) is 77.1 Å². The van der Waals surface area contributed by atoms with Crippen molar-refractivity contribution in [2.24, 2.45) is 0 Å². The minimum absolute atomic E-state index is 0.0396. The van der Waals surface area contributed by atoms with Crippen LogP contribution < -0.4 is 10.6 Å². The number of hydrogen-bond acceptors (Lipinski definition) is 5. The molecule has 3 atom stereocenters. The third kappa shape index (κ3) is 5.41. The number of amides is 4. The number of nitrogens with zero attached hydrogens (tertiary/aromatic N) is 3. The van der Waals surface area contributed by atoms with Gasteiger partial charge in [-0.15, -0.1) is 0 Å². The van der Waals surface area contributed by atoms with Crippen LogP contribution in [0.1, 0.15) is 44.9 Å². The van der Waals surface area contributed by atoms with Gasteiger partial charge in [0, 0.05) is 56.7 Å². The van der Waals surface area contributed by atoms with Gasteiger partial charge in [0.05, 0.1) is 18.6 Å². The lowest BCUT2D eigenvalue weighted by atomic mass is 10.0. The van der Waals surface area contributed by atoms with E-state index in [1.54, 1.807) is 0 Å². The fourth-order valence-corrected chi connectivity index (χ4v) is 6.56. The van der Waals surface area contributed by atoms with Crippen molar-refractivity contribution >= 4 is 29.6 Å². The third-order valence-corrected chi connectivity index (χ3v) is 8.37. The molecule has 4 saturated heterocycles. The van der Waals surface area contributed by atoms with E-state index in [0.29, 0.717) is 18.2 Å². The van der Waals surface area contributed by atoms with Gasteiger partial charge >= 0.3 is 6.03 Å². The van der Waals surface area contributed by atoms with Gasteiger partial charge in [0.1, 0.15) is 0 Å². The van der Waals surface area contributed by atoms with Crippen molar-refractivity contribution in [2.45, 2.75) is 62.3 Å². The fraction of sp³-hybridized carbons (Fsp3) is 0.857. The zero-order valence-electron chi connectivity index (χ0n) is 17.8. The molecule has 4 aliphatic rings. The average molecular weight is 438 g/mol. The van der Waals surface area contributed by atoms with Gasteiger partial charge in [-0.3, -0.25) is 14.5 Å². The molecule has 0 saturated carbocycles. The third-order valence-electron chi connectivity index (χ3n) is 6.86.